The van der Waals surface area contributed by atoms with Crippen LogP contribution in [0.1, 0.15) is 23.2 Å². The van der Waals surface area contributed by atoms with E-state index in [1.165, 1.54) is 18.2 Å². The van der Waals surface area contributed by atoms with Crippen molar-refractivity contribution >= 4 is 23.2 Å². The second-order valence-electron chi connectivity index (χ2n) is 4.82. The van der Waals surface area contributed by atoms with E-state index in [0.29, 0.717) is 12.5 Å². The van der Waals surface area contributed by atoms with E-state index in [4.69, 9.17) is 11.6 Å². The fraction of sp³-hybridized carbons (Fsp3) is 0.462. The molecule has 1 aromatic carbocycles. The second kappa shape index (κ2) is 6.67. The van der Waals surface area contributed by atoms with Gasteiger partial charge in [0.1, 0.15) is 0 Å². The number of rotatable bonds is 5. The van der Waals surface area contributed by atoms with E-state index in [1.54, 1.807) is 0 Å². The lowest BCUT2D eigenvalue weighted by Crippen LogP contribution is -2.26. The van der Waals surface area contributed by atoms with Gasteiger partial charge in [0.05, 0.1) is 15.5 Å². The van der Waals surface area contributed by atoms with Gasteiger partial charge in [0.15, 0.2) is 0 Å². The second-order valence-corrected chi connectivity index (χ2v) is 5.23. The van der Waals surface area contributed by atoms with Crippen molar-refractivity contribution in [3.05, 3.63) is 38.9 Å². The maximum absolute atomic E-state index is 12.0. The summed E-state index contributed by atoms with van der Waals surface area (Å²) in [4.78, 5) is 22.1. The Bertz CT molecular complexity index is 516. The molecule has 2 rings (SSSR count). The number of nitro groups is 1. The molecule has 1 aromatic rings. The summed E-state index contributed by atoms with van der Waals surface area (Å²) in [5.41, 5.74) is 0.00459. The zero-order valence-corrected chi connectivity index (χ0v) is 11.7. The molecule has 1 heterocycles. The Labute approximate surface area is 121 Å². The molecule has 1 atom stereocenters. The number of halogens is 1. The zero-order chi connectivity index (χ0) is 14.5. The number of nitrogens with zero attached hydrogens (tertiary/aromatic N) is 1. The van der Waals surface area contributed by atoms with Gasteiger partial charge >= 0.3 is 0 Å². The number of non-ortho nitro benzene ring substituents is 1. The molecule has 6 nitrogen and oxygen atoms in total. The van der Waals surface area contributed by atoms with Gasteiger partial charge < -0.3 is 10.6 Å². The third-order valence-corrected chi connectivity index (χ3v) is 3.74. The molecule has 0 spiro atoms. The number of carbonyl (C=O) groups excluding carboxylic acids is 1. The number of amides is 1. The van der Waals surface area contributed by atoms with Gasteiger partial charge in [0.25, 0.3) is 11.6 Å². The van der Waals surface area contributed by atoms with Crippen LogP contribution in [0.15, 0.2) is 18.2 Å². The fourth-order valence-corrected chi connectivity index (χ4v) is 2.45. The molecule has 0 aromatic heterocycles. The lowest BCUT2D eigenvalue weighted by atomic mass is 10.1. The molecule has 108 valence electrons. The molecule has 20 heavy (non-hydrogen) atoms. The summed E-state index contributed by atoms with van der Waals surface area (Å²) in [5.74, 6) is 0.209. The standard InChI is InChI=1S/C13H16ClN3O3/c14-12-2-1-10(17(19)20)7-11(12)13(18)16-6-4-9-3-5-15-8-9/h1-2,7,9,15H,3-6,8H2,(H,16,18). The first-order valence-electron chi connectivity index (χ1n) is 6.51. The van der Waals surface area contributed by atoms with Gasteiger partial charge in [-0.15, -0.1) is 0 Å². The highest BCUT2D eigenvalue weighted by Gasteiger charge is 2.17. The first-order valence-corrected chi connectivity index (χ1v) is 6.88. The number of nitro benzene ring substituents is 1. The summed E-state index contributed by atoms with van der Waals surface area (Å²) in [6.45, 7) is 2.55. The topological polar surface area (TPSA) is 84.3 Å². The SMILES string of the molecule is O=C(NCCC1CCNC1)c1cc([N+](=O)[O-])ccc1Cl. The van der Waals surface area contributed by atoms with Crippen molar-refractivity contribution in [2.75, 3.05) is 19.6 Å². The minimum atomic E-state index is -0.544. The van der Waals surface area contributed by atoms with E-state index in [0.717, 1.165) is 25.9 Å². The van der Waals surface area contributed by atoms with Crippen molar-refractivity contribution in [1.82, 2.24) is 10.6 Å². The average Bonchev–Trinajstić information content (AvgIpc) is 2.92. The molecule has 0 bridgehead atoms. The quantitative estimate of drug-likeness (QED) is 0.643. The van der Waals surface area contributed by atoms with Gasteiger partial charge in [-0.2, -0.15) is 0 Å². The van der Waals surface area contributed by atoms with Crippen LogP contribution < -0.4 is 10.6 Å². The molecule has 1 saturated heterocycles. The normalized spacial score (nSPS) is 17.9. The summed E-state index contributed by atoms with van der Waals surface area (Å²) >= 11 is 5.91. The predicted molar refractivity (Wildman–Crippen MR) is 76.0 cm³/mol. The maximum Gasteiger partial charge on any atom is 0.270 e. The van der Waals surface area contributed by atoms with Crippen LogP contribution in [0.4, 0.5) is 5.69 Å². The Balaban J connectivity index is 1.94. The molecule has 1 aliphatic heterocycles. The number of carbonyl (C=O) groups is 1. The van der Waals surface area contributed by atoms with Crippen LogP contribution >= 0.6 is 11.6 Å². The average molecular weight is 298 g/mol. The molecule has 0 aliphatic carbocycles. The smallest absolute Gasteiger partial charge is 0.270 e. The van der Waals surface area contributed by atoms with Gasteiger partial charge in [-0.3, -0.25) is 14.9 Å². The monoisotopic (exact) mass is 297 g/mol. The highest BCUT2D eigenvalue weighted by Crippen LogP contribution is 2.22. The minimum Gasteiger partial charge on any atom is -0.352 e. The molecule has 1 amide bonds. The maximum atomic E-state index is 12.0. The minimum absolute atomic E-state index is 0.139. The van der Waals surface area contributed by atoms with Crippen molar-refractivity contribution in [3.63, 3.8) is 0 Å². The van der Waals surface area contributed by atoms with Crippen LogP contribution in [0, 0.1) is 16.0 Å². The summed E-state index contributed by atoms with van der Waals surface area (Å²) in [5, 5.41) is 16.9. The highest BCUT2D eigenvalue weighted by atomic mass is 35.5. The van der Waals surface area contributed by atoms with Gasteiger partial charge in [-0.05, 0) is 37.9 Å². The summed E-state index contributed by atoms with van der Waals surface area (Å²) < 4.78 is 0. The molecule has 1 fully saturated rings. The number of nitrogens with one attached hydrogen (secondary N) is 2. The van der Waals surface area contributed by atoms with Crippen LogP contribution in [0.2, 0.25) is 5.02 Å². The van der Waals surface area contributed by atoms with Gasteiger partial charge in [0.2, 0.25) is 0 Å². The number of hydrogen-bond acceptors (Lipinski definition) is 4. The largest absolute Gasteiger partial charge is 0.352 e. The van der Waals surface area contributed by atoms with E-state index in [-0.39, 0.29) is 22.2 Å². The Hall–Kier alpha value is -1.66. The molecule has 0 radical (unpaired) electrons. The van der Waals surface area contributed by atoms with E-state index >= 15 is 0 Å². The highest BCUT2D eigenvalue weighted by molar-refractivity contribution is 6.33. The van der Waals surface area contributed by atoms with Crippen molar-refractivity contribution in [3.8, 4) is 0 Å². The van der Waals surface area contributed by atoms with Crippen molar-refractivity contribution in [2.45, 2.75) is 12.8 Å². The molecule has 7 heteroatoms. The zero-order valence-electron chi connectivity index (χ0n) is 10.9. The Morgan fingerprint density at radius 2 is 2.35 bits per heavy atom. The van der Waals surface area contributed by atoms with Gasteiger partial charge in [-0.25, -0.2) is 0 Å². The van der Waals surface area contributed by atoms with Crippen LogP contribution in [-0.2, 0) is 0 Å². The Morgan fingerprint density at radius 3 is 3.00 bits per heavy atom. The molecule has 1 aliphatic rings. The summed E-state index contributed by atoms with van der Waals surface area (Å²) in [6.07, 6.45) is 2.01. The van der Waals surface area contributed by atoms with Crippen molar-refractivity contribution in [1.29, 1.82) is 0 Å². The number of benzene rings is 1. The lowest BCUT2D eigenvalue weighted by Gasteiger charge is -2.10. The van der Waals surface area contributed by atoms with Gasteiger partial charge in [0, 0.05) is 18.7 Å². The van der Waals surface area contributed by atoms with Crippen molar-refractivity contribution in [2.24, 2.45) is 5.92 Å². The van der Waals surface area contributed by atoms with Gasteiger partial charge in [-0.1, -0.05) is 11.6 Å². The summed E-state index contributed by atoms with van der Waals surface area (Å²) in [6, 6.07) is 3.85. The van der Waals surface area contributed by atoms with Crippen molar-refractivity contribution < 1.29 is 9.72 Å². The first-order chi connectivity index (χ1) is 9.58. The third kappa shape index (κ3) is 3.68. The summed E-state index contributed by atoms with van der Waals surface area (Å²) in [7, 11) is 0. The molecule has 0 saturated carbocycles. The third-order valence-electron chi connectivity index (χ3n) is 3.41. The molecule has 1 unspecified atom stereocenters. The molecular formula is C13H16ClN3O3. The van der Waals surface area contributed by atoms with E-state index in [2.05, 4.69) is 10.6 Å². The number of hydrogen-bond donors (Lipinski definition) is 2. The fourth-order valence-electron chi connectivity index (χ4n) is 2.25. The van der Waals surface area contributed by atoms with E-state index in [1.807, 2.05) is 0 Å². The van der Waals surface area contributed by atoms with Crippen LogP contribution in [0.5, 0.6) is 0 Å². The molecular weight excluding hydrogens is 282 g/mol. The first kappa shape index (κ1) is 14.7. The Kier molecular flexibility index (Phi) is 4.92. The van der Waals surface area contributed by atoms with E-state index in [9.17, 15) is 14.9 Å². The predicted octanol–water partition coefficient (Wildman–Crippen LogP) is 1.98. The van der Waals surface area contributed by atoms with Crippen LogP contribution in [0.25, 0.3) is 0 Å². The van der Waals surface area contributed by atoms with Crippen LogP contribution in [-0.4, -0.2) is 30.5 Å². The van der Waals surface area contributed by atoms with Crippen LogP contribution in [0.3, 0.4) is 0 Å². The lowest BCUT2D eigenvalue weighted by molar-refractivity contribution is -0.384. The Morgan fingerprint density at radius 1 is 1.55 bits per heavy atom. The van der Waals surface area contributed by atoms with E-state index < -0.39 is 4.92 Å². The molecule has 2 N–H and O–H groups in total.